The van der Waals surface area contributed by atoms with Crippen LogP contribution in [0, 0.1) is 0 Å². The van der Waals surface area contributed by atoms with E-state index in [4.69, 9.17) is 14.0 Å². The molecule has 1 aliphatic heterocycles. The highest BCUT2D eigenvalue weighted by atomic mass is 16.5. The van der Waals surface area contributed by atoms with Gasteiger partial charge in [0.25, 0.3) is 0 Å². The number of carbonyl (C=O) groups is 1. The lowest BCUT2D eigenvalue weighted by atomic mass is 9.91. The molecule has 0 radical (unpaired) electrons. The minimum atomic E-state index is 0.107. The van der Waals surface area contributed by atoms with Crippen LogP contribution in [0.1, 0.15) is 61.0 Å². The van der Waals surface area contributed by atoms with Gasteiger partial charge in [0.2, 0.25) is 0 Å². The first-order valence-electron chi connectivity index (χ1n) is 11.6. The Hall–Kier alpha value is -2.86. The molecule has 1 fully saturated rings. The van der Waals surface area contributed by atoms with Gasteiger partial charge < -0.3 is 18.9 Å². The van der Waals surface area contributed by atoms with Gasteiger partial charge in [-0.25, -0.2) is 0 Å². The molecule has 3 aromatic rings. The molecular formula is C26H32N2O4. The summed E-state index contributed by atoms with van der Waals surface area (Å²) in [5.41, 5.74) is 2.67. The Labute approximate surface area is 189 Å². The third kappa shape index (κ3) is 5.13. The average Bonchev–Trinajstić information content (AvgIpc) is 3.28. The number of hydrogen-bond donors (Lipinski definition) is 0. The van der Waals surface area contributed by atoms with Gasteiger partial charge in [-0.05, 0) is 75.6 Å². The highest BCUT2D eigenvalue weighted by molar-refractivity contribution is 5.96. The van der Waals surface area contributed by atoms with Gasteiger partial charge in [-0.15, -0.1) is 0 Å². The van der Waals surface area contributed by atoms with Crippen molar-refractivity contribution in [2.75, 3.05) is 33.4 Å². The van der Waals surface area contributed by atoms with Crippen LogP contribution in [0.2, 0.25) is 0 Å². The number of Topliss-reactive ketones (excluding diaryl/α,β-unsaturated/α-hetero) is 1. The molecule has 1 aromatic heterocycles. The molecule has 2 heterocycles. The number of hydrogen-bond acceptors (Lipinski definition) is 6. The summed E-state index contributed by atoms with van der Waals surface area (Å²) in [7, 11) is 1.61. The van der Waals surface area contributed by atoms with Gasteiger partial charge in [-0.1, -0.05) is 24.2 Å². The number of ketones is 1. The van der Waals surface area contributed by atoms with Crippen LogP contribution in [0.15, 0.2) is 47.0 Å². The number of ether oxygens (including phenoxy) is 2. The molecule has 170 valence electrons. The number of methoxy groups -OCH3 is 1. The lowest BCUT2D eigenvalue weighted by Crippen LogP contribution is -2.34. The van der Waals surface area contributed by atoms with E-state index in [-0.39, 0.29) is 5.78 Å². The molecule has 0 unspecified atom stereocenters. The molecule has 0 saturated carbocycles. The van der Waals surface area contributed by atoms with E-state index in [1.54, 1.807) is 13.2 Å². The fourth-order valence-corrected chi connectivity index (χ4v) is 4.41. The second-order valence-electron chi connectivity index (χ2n) is 8.38. The molecule has 1 saturated heterocycles. The van der Waals surface area contributed by atoms with Crippen molar-refractivity contribution in [1.29, 1.82) is 0 Å². The van der Waals surface area contributed by atoms with Crippen molar-refractivity contribution in [2.45, 2.75) is 44.9 Å². The highest BCUT2D eigenvalue weighted by Crippen LogP contribution is 2.32. The number of fused-ring (bicyclic) bond motifs is 1. The number of likely N-dealkylation sites (tertiary alicyclic amines) is 1. The van der Waals surface area contributed by atoms with E-state index < -0.39 is 0 Å². The van der Waals surface area contributed by atoms with E-state index >= 15 is 0 Å². The predicted molar refractivity (Wildman–Crippen MR) is 125 cm³/mol. The molecule has 0 amide bonds. The fraction of sp³-hybridized carbons (Fsp3) is 0.462. The molecule has 32 heavy (non-hydrogen) atoms. The molecule has 4 rings (SSSR count). The van der Waals surface area contributed by atoms with Crippen molar-refractivity contribution < 1.29 is 18.8 Å². The summed E-state index contributed by atoms with van der Waals surface area (Å²) in [6.45, 7) is 5.76. The second kappa shape index (κ2) is 10.6. The maximum Gasteiger partial charge on any atom is 0.167 e. The number of rotatable bonds is 10. The molecule has 6 heteroatoms. The zero-order valence-corrected chi connectivity index (χ0v) is 19.0. The Kier molecular flexibility index (Phi) is 7.43. The molecule has 0 N–H and O–H groups in total. The molecule has 0 aliphatic carbocycles. The van der Waals surface area contributed by atoms with Crippen LogP contribution >= 0.6 is 0 Å². The SMILES string of the molecule is CCC(=O)c1ccc(OCCCCN2CCC(c3noc4ccccc34)CC2)c(OC)c1. The summed E-state index contributed by atoms with van der Waals surface area (Å²) in [5, 5.41) is 5.51. The van der Waals surface area contributed by atoms with E-state index in [0.29, 0.717) is 36.0 Å². The molecule has 2 aromatic carbocycles. The number of aromatic nitrogens is 1. The van der Waals surface area contributed by atoms with Crippen LogP contribution in [0.25, 0.3) is 11.0 Å². The number of unbranched alkanes of at least 4 members (excludes halogenated alkanes) is 1. The highest BCUT2D eigenvalue weighted by Gasteiger charge is 2.24. The fourth-order valence-electron chi connectivity index (χ4n) is 4.41. The van der Waals surface area contributed by atoms with Crippen LogP contribution in [0.3, 0.4) is 0 Å². The lowest BCUT2D eigenvalue weighted by Gasteiger charge is -2.31. The van der Waals surface area contributed by atoms with Crippen molar-refractivity contribution in [3.05, 3.63) is 53.7 Å². The van der Waals surface area contributed by atoms with Crippen molar-refractivity contribution in [3.8, 4) is 11.5 Å². The zero-order chi connectivity index (χ0) is 22.3. The Morgan fingerprint density at radius 1 is 1.12 bits per heavy atom. The van der Waals surface area contributed by atoms with Crippen LogP contribution in [-0.2, 0) is 0 Å². The first kappa shape index (κ1) is 22.3. The Morgan fingerprint density at radius 3 is 2.72 bits per heavy atom. The summed E-state index contributed by atoms with van der Waals surface area (Å²) >= 11 is 0. The van der Waals surface area contributed by atoms with Gasteiger partial charge in [-0.3, -0.25) is 4.79 Å². The second-order valence-corrected chi connectivity index (χ2v) is 8.38. The summed E-state index contributed by atoms with van der Waals surface area (Å²) < 4.78 is 16.8. The molecule has 0 spiro atoms. The lowest BCUT2D eigenvalue weighted by molar-refractivity contribution is 0.0987. The first-order valence-corrected chi connectivity index (χ1v) is 11.6. The summed E-state index contributed by atoms with van der Waals surface area (Å²) in [6.07, 6.45) is 4.79. The van der Waals surface area contributed by atoms with Crippen molar-refractivity contribution in [3.63, 3.8) is 0 Å². The number of benzene rings is 2. The van der Waals surface area contributed by atoms with Gasteiger partial charge in [0, 0.05) is 23.3 Å². The third-order valence-electron chi connectivity index (χ3n) is 6.31. The molecule has 0 atom stereocenters. The maximum absolute atomic E-state index is 11.9. The van der Waals surface area contributed by atoms with Gasteiger partial charge in [0.05, 0.1) is 19.4 Å². The minimum Gasteiger partial charge on any atom is -0.493 e. The van der Waals surface area contributed by atoms with E-state index in [1.165, 1.54) is 0 Å². The predicted octanol–water partition coefficient (Wildman–Crippen LogP) is 5.47. The van der Waals surface area contributed by atoms with Gasteiger partial charge in [0.1, 0.15) is 0 Å². The van der Waals surface area contributed by atoms with Gasteiger partial charge in [0.15, 0.2) is 22.9 Å². The normalized spacial score (nSPS) is 15.2. The Morgan fingerprint density at radius 2 is 1.94 bits per heavy atom. The van der Waals surface area contributed by atoms with E-state index in [0.717, 1.165) is 62.0 Å². The van der Waals surface area contributed by atoms with Crippen LogP contribution in [0.4, 0.5) is 0 Å². The molecule has 1 aliphatic rings. The molecule has 0 bridgehead atoms. The van der Waals surface area contributed by atoms with Crippen molar-refractivity contribution >= 4 is 16.8 Å². The average molecular weight is 437 g/mol. The number of piperidine rings is 1. The van der Waals surface area contributed by atoms with Gasteiger partial charge >= 0.3 is 0 Å². The summed E-state index contributed by atoms with van der Waals surface area (Å²) in [5.74, 6) is 1.90. The monoisotopic (exact) mass is 436 g/mol. The molecular weight excluding hydrogens is 404 g/mol. The summed E-state index contributed by atoms with van der Waals surface area (Å²) in [6, 6.07) is 13.5. The smallest absolute Gasteiger partial charge is 0.167 e. The minimum absolute atomic E-state index is 0.107. The van der Waals surface area contributed by atoms with E-state index in [2.05, 4.69) is 22.2 Å². The summed E-state index contributed by atoms with van der Waals surface area (Å²) in [4.78, 5) is 14.4. The largest absolute Gasteiger partial charge is 0.493 e. The molecule has 6 nitrogen and oxygen atoms in total. The third-order valence-corrected chi connectivity index (χ3v) is 6.31. The van der Waals surface area contributed by atoms with Crippen LogP contribution in [-0.4, -0.2) is 49.2 Å². The zero-order valence-electron chi connectivity index (χ0n) is 19.0. The van der Waals surface area contributed by atoms with Crippen molar-refractivity contribution in [2.24, 2.45) is 0 Å². The topological polar surface area (TPSA) is 64.8 Å². The Balaban J connectivity index is 1.18. The van der Waals surface area contributed by atoms with E-state index in [1.807, 2.05) is 31.2 Å². The number of para-hydroxylation sites is 1. The van der Waals surface area contributed by atoms with Crippen molar-refractivity contribution in [1.82, 2.24) is 10.1 Å². The van der Waals surface area contributed by atoms with Crippen LogP contribution < -0.4 is 9.47 Å². The van der Waals surface area contributed by atoms with Crippen LogP contribution in [0.5, 0.6) is 11.5 Å². The maximum atomic E-state index is 11.9. The first-order chi connectivity index (χ1) is 15.7. The number of carbonyl (C=O) groups excluding carboxylic acids is 1. The standard InChI is InChI=1S/C26H32N2O4/c1-3-22(29)20-10-11-24(25(18-20)30-2)31-17-7-6-14-28-15-12-19(13-16-28)26-21-8-4-5-9-23(21)32-27-26/h4-5,8-11,18-19H,3,6-7,12-17H2,1-2H3. The number of nitrogens with zero attached hydrogens (tertiary/aromatic N) is 2. The van der Waals surface area contributed by atoms with E-state index in [9.17, 15) is 4.79 Å². The Bertz CT molecular complexity index is 1040. The quantitative estimate of drug-likeness (QED) is 0.310. The van der Waals surface area contributed by atoms with Gasteiger partial charge in [-0.2, -0.15) is 0 Å².